The summed E-state index contributed by atoms with van der Waals surface area (Å²) in [6, 6.07) is 1.64. The van der Waals surface area contributed by atoms with Crippen molar-refractivity contribution in [3.8, 4) is 5.88 Å². The van der Waals surface area contributed by atoms with E-state index in [0.29, 0.717) is 34.9 Å². The van der Waals surface area contributed by atoms with Crippen LogP contribution < -0.4 is 20.7 Å². The number of thioether (sulfide) groups is 1. The first kappa shape index (κ1) is 16.7. The highest BCUT2D eigenvalue weighted by molar-refractivity contribution is 8.18. The van der Waals surface area contributed by atoms with Gasteiger partial charge in [0.1, 0.15) is 0 Å². The number of hydrogen-bond donors (Lipinski definition) is 2. The fourth-order valence-electron chi connectivity index (χ4n) is 2.67. The Bertz CT molecular complexity index is 686. The summed E-state index contributed by atoms with van der Waals surface area (Å²) in [5.41, 5.74) is 6.26. The van der Waals surface area contributed by atoms with Crippen molar-refractivity contribution in [3.05, 3.63) is 16.7 Å². The van der Waals surface area contributed by atoms with E-state index in [1.54, 1.807) is 12.1 Å². The number of nitrogens with one attached hydrogen (secondary N) is 1. The van der Waals surface area contributed by atoms with Crippen molar-refractivity contribution >= 4 is 34.9 Å². The normalized spacial score (nSPS) is 20.6. The van der Waals surface area contributed by atoms with Gasteiger partial charge in [0, 0.05) is 19.2 Å². The van der Waals surface area contributed by atoms with E-state index in [0.717, 1.165) is 37.7 Å². The summed E-state index contributed by atoms with van der Waals surface area (Å²) in [4.78, 5) is 34.2. The highest BCUT2D eigenvalue weighted by Crippen LogP contribution is 2.27. The molecule has 0 bridgehead atoms. The highest BCUT2D eigenvalue weighted by atomic mass is 32.2. The molecule has 0 spiro atoms. The number of carbonyl (C=O) groups is 2. The lowest BCUT2D eigenvalue weighted by molar-refractivity contribution is -0.115. The SMILES string of the molecule is COc1cc(/C=C2\SC(=O)NC2=O)nc(N2CCC(CN)CC2)n1. The summed E-state index contributed by atoms with van der Waals surface area (Å²) in [7, 11) is 1.53. The van der Waals surface area contributed by atoms with E-state index in [-0.39, 0.29) is 5.24 Å². The second-order valence-electron chi connectivity index (χ2n) is 5.65. The van der Waals surface area contributed by atoms with E-state index in [1.807, 2.05) is 0 Å². The molecule has 0 atom stereocenters. The average molecular weight is 349 g/mol. The molecule has 2 aliphatic rings. The molecule has 0 aliphatic carbocycles. The van der Waals surface area contributed by atoms with Gasteiger partial charge in [-0.15, -0.1) is 0 Å². The number of rotatable bonds is 4. The third-order valence-electron chi connectivity index (χ3n) is 4.07. The van der Waals surface area contributed by atoms with Crippen molar-refractivity contribution in [1.29, 1.82) is 0 Å². The predicted octanol–water partition coefficient (Wildman–Crippen LogP) is 0.984. The molecule has 24 heavy (non-hydrogen) atoms. The molecular formula is C15H19N5O3S. The first-order chi connectivity index (χ1) is 11.6. The van der Waals surface area contributed by atoms with E-state index in [2.05, 4.69) is 20.2 Å². The number of carbonyl (C=O) groups excluding carboxylic acids is 2. The van der Waals surface area contributed by atoms with Crippen LogP contribution >= 0.6 is 11.8 Å². The minimum Gasteiger partial charge on any atom is -0.481 e. The van der Waals surface area contributed by atoms with Gasteiger partial charge in [-0.2, -0.15) is 4.98 Å². The molecule has 1 aromatic rings. The minimum atomic E-state index is -0.409. The summed E-state index contributed by atoms with van der Waals surface area (Å²) >= 11 is 0.859. The molecule has 3 N–H and O–H groups in total. The summed E-state index contributed by atoms with van der Waals surface area (Å²) in [6.07, 6.45) is 3.58. The zero-order valence-corrected chi connectivity index (χ0v) is 14.1. The van der Waals surface area contributed by atoms with Gasteiger partial charge in [-0.1, -0.05) is 0 Å². The van der Waals surface area contributed by atoms with Crippen molar-refractivity contribution in [3.63, 3.8) is 0 Å². The quantitative estimate of drug-likeness (QED) is 0.774. The molecule has 0 aromatic carbocycles. The maximum absolute atomic E-state index is 11.7. The summed E-state index contributed by atoms with van der Waals surface area (Å²) in [6.45, 7) is 2.36. The fourth-order valence-corrected chi connectivity index (χ4v) is 3.34. The van der Waals surface area contributed by atoms with Crippen LogP contribution in [-0.4, -0.2) is 47.9 Å². The van der Waals surface area contributed by atoms with Crippen LogP contribution in [0.4, 0.5) is 10.7 Å². The van der Waals surface area contributed by atoms with Crippen LogP contribution in [0.2, 0.25) is 0 Å². The highest BCUT2D eigenvalue weighted by Gasteiger charge is 2.26. The minimum absolute atomic E-state index is 0.313. The molecule has 2 amide bonds. The predicted molar refractivity (Wildman–Crippen MR) is 91.7 cm³/mol. The van der Waals surface area contributed by atoms with E-state index in [9.17, 15) is 9.59 Å². The molecule has 128 valence electrons. The number of imide groups is 1. The average Bonchev–Trinajstić information content (AvgIpc) is 2.91. The van der Waals surface area contributed by atoms with Crippen LogP contribution in [0.5, 0.6) is 5.88 Å². The number of anilines is 1. The van der Waals surface area contributed by atoms with Crippen molar-refractivity contribution in [2.24, 2.45) is 11.7 Å². The first-order valence-electron chi connectivity index (χ1n) is 7.72. The van der Waals surface area contributed by atoms with Gasteiger partial charge in [-0.25, -0.2) is 4.98 Å². The number of hydrogen-bond acceptors (Lipinski definition) is 8. The number of aromatic nitrogens is 2. The van der Waals surface area contributed by atoms with Crippen LogP contribution in [0.1, 0.15) is 18.5 Å². The van der Waals surface area contributed by atoms with Crippen molar-refractivity contribution in [2.75, 3.05) is 31.6 Å². The topological polar surface area (TPSA) is 110 Å². The van der Waals surface area contributed by atoms with Gasteiger partial charge in [0.25, 0.3) is 11.1 Å². The van der Waals surface area contributed by atoms with Crippen LogP contribution in [0.25, 0.3) is 6.08 Å². The maximum Gasteiger partial charge on any atom is 0.290 e. The molecule has 0 unspecified atom stereocenters. The van der Waals surface area contributed by atoms with E-state index >= 15 is 0 Å². The Balaban J connectivity index is 1.85. The number of nitrogens with two attached hydrogens (primary N) is 1. The van der Waals surface area contributed by atoms with Gasteiger partial charge in [0.2, 0.25) is 11.8 Å². The van der Waals surface area contributed by atoms with Crippen LogP contribution in [0, 0.1) is 5.92 Å². The van der Waals surface area contributed by atoms with Gasteiger partial charge in [-0.3, -0.25) is 14.9 Å². The van der Waals surface area contributed by atoms with Crippen LogP contribution in [0.3, 0.4) is 0 Å². The Labute approximate surface area is 143 Å². The Morgan fingerprint density at radius 1 is 1.42 bits per heavy atom. The fraction of sp³-hybridized carbons (Fsp3) is 0.467. The van der Waals surface area contributed by atoms with Gasteiger partial charge in [-0.05, 0) is 43.1 Å². The van der Waals surface area contributed by atoms with Crippen molar-refractivity contribution in [2.45, 2.75) is 12.8 Å². The van der Waals surface area contributed by atoms with Gasteiger partial charge < -0.3 is 15.4 Å². The first-order valence-corrected chi connectivity index (χ1v) is 8.53. The second-order valence-corrected chi connectivity index (χ2v) is 6.67. The Morgan fingerprint density at radius 3 is 2.75 bits per heavy atom. The number of methoxy groups -OCH3 is 1. The lowest BCUT2D eigenvalue weighted by Gasteiger charge is -2.31. The molecule has 1 aromatic heterocycles. The Hall–Kier alpha value is -2.13. The van der Waals surface area contributed by atoms with Gasteiger partial charge in [0.15, 0.2) is 0 Å². The van der Waals surface area contributed by atoms with Crippen LogP contribution in [-0.2, 0) is 4.79 Å². The molecule has 2 aliphatic heterocycles. The summed E-state index contributed by atoms with van der Waals surface area (Å²) in [5.74, 6) is 1.11. The number of piperidine rings is 1. The van der Waals surface area contributed by atoms with E-state index in [4.69, 9.17) is 10.5 Å². The smallest absolute Gasteiger partial charge is 0.290 e. The summed E-state index contributed by atoms with van der Waals surface area (Å²) < 4.78 is 5.24. The molecule has 3 heterocycles. The van der Waals surface area contributed by atoms with Gasteiger partial charge in [0.05, 0.1) is 17.7 Å². The lowest BCUT2D eigenvalue weighted by atomic mass is 9.97. The zero-order valence-electron chi connectivity index (χ0n) is 13.3. The molecular weight excluding hydrogens is 330 g/mol. The largest absolute Gasteiger partial charge is 0.481 e. The molecule has 3 rings (SSSR count). The third kappa shape index (κ3) is 3.68. The maximum atomic E-state index is 11.7. The monoisotopic (exact) mass is 349 g/mol. The van der Waals surface area contributed by atoms with Crippen molar-refractivity contribution in [1.82, 2.24) is 15.3 Å². The van der Waals surface area contributed by atoms with E-state index < -0.39 is 5.91 Å². The van der Waals surface area contributed by atoms with E-state index in [1.165, 1.54) is 7.11 Å². The molecule has 0 radical (unpaired) electrons. The molecule has 9 heteroatoms. The second kappa shape index (κ2) is 7.18. The Morgan fingerprint density at radius 2 is 2.17 bits per heavy atom. The molecule has 0 saturated carbocycles. The molecule has 8 nitrogen and oxygen atoms in total. The standard InChI is InChI=1S/C15H19N5O3S/c1-23-12-7-10(6-11-13(21)19-15(22)24-11)17-14(18-12)20-4-2-9(8-16)3-5-20/h6-7,9H,2-5,8,16H2,1H3,(H,19,21,22)/b11-6-. The van der Waals surface area contributed by atoms with Crippen LogP contribution in [0.15, 0.2) is 11.0 Å². The van der Waals surface area contributed by atoms with Crippen molar-refractivity contribution < 1.29 is 14.3 Å². The molecule has 2 fully saturated rings. The lowest BCUT2D eigenvalue weighted by Crippen LogP contribution is -2.37. The Kier molecular flexibility index (Phi) is 5.00. The third-order valence-corrected chi connectivity index (χ3v) is 4.88. The molecule has 2 saturated heterocycles. The zero-order chi connectivity index (χ0) is 17.1. The summed E-state index contributed by atoms with van der Waals surface area (Å²) in [5, 5.41) is 1.85. The number of amides is 2. The number of ether oxygens (including phenoxy) is 1. The van der Waals surface area contributed by atoms with Gasteiger partial charge >= 0.3 is 0 Å². The number of nitrogens with zero attached hydrogens (tertiary/aromatic N) is 3.